The third kappa shape index (κ3) is 6.92. The van der Waals surface area contributed by atoms with E-state index < -0.39 is 22.5 Å². The molecule has 0 saturated carbocycles. The van der Waals surface area contributed by atoms with Crippen LogP contribution in [0.1, 0.15) is 25.8 Å². The zero-order valence-corrected chi connectivity index (χ0v) is 20.2. The van der Waals surface area contributed by atoms with Gasteiger partial charge in [0, 0.05) is 5.71 Å². The van der Waals surface area contributed by atoms with E-state index in [4.69, 9.17) is 4.74 Å². The number of amides is 1. The average Bonchev–Trinajstić information content (AvgIpc) is 2.86. The monoisotopic (exact) mass is 479 g/mol. The van der Waals surface area contributed by atoms with Crippen LogP contribution in [-0.2, 0) is 21.2 Å². The predicted molar refractivity (Wildman–Crippen MR) is 135 cm³/mol. The molecule has 0 spiro atoms. The molecule has 0 fully saturated rings. The maximum atomic E-state index is 13.4. The van der Waals surface area contributed by atoms with Gasteiger partial charge in [-0.15, -0.1) is 0 Å². The number of carbonyl (C=O) groups is 1. The summed E-state index contributed by atoms with van der Waals surface area (Å²) in [6, 6.07) is 24.6. The second-order valence-electron chi connectivity index (χ2n) is 7.62. The highest BCUT2D eigenvalue weighted by atomic mass is 32.2. The van der Waals surface area contributed by atoms with Crippen molar-refractivity contribution in [3.05, 3.63) is 90.5 Å². The summed E-state index contributed by atoms with van der Waals surface area (Å²) in [6.45, 7) is 3.77. The summed E-state index contributed by atoms with van der Waals surface area (Å²) in [7, 11) is -3.98. The molecule has 0 bridgehead atoms. The van der Waals surface area contributed by atoms with Crippen molar-refractivity contribution in [3.63, 3.8) is 0 Å². The molecule has 7 nitrogen and oxygen atoms in total. The van der Waals surface area contributed by atoms with E-state index >= 15 is 0 Å². The van der Waals surface area contributed by atoms with E-state index in [1.807, 2.05) is 44.2 Å². The Morgan fingerprint density at radius 2 is 1.56 bits per heavy atom. The number of ether oxygens (including phenoxy) is 1. The third-order valence-electron chi connectivity index (χ3n) is 5.04. The molecule has 3 aromatic rings. The normalized spacial score (nSPS) is 11.6. The van der Waals surface area contributed by atoms with Crippen LogP contribution in [0.3, 0.4) is 0 Å². The van der Waals surface area contributed by atoms with Crippen LogP contribution in [0, 0.1) is 0 Å². The number of carbonyl (C=O) groups excluding carboxylic acids is 1. The molecule has 0 aliphatic rings. The summed E-state index contributed by atoms with van der Waals surface area (Å²) in [6.07, 6.45) is 1.47. The summed E-state index contributed by atoms with van der Waals surface area (Å²) < 4.78 is 33.2. The molecule has 0 unspecified atom stereocenters. The second-order valence-corrected chi connectivity index (χ2v) is 9.48. The highest BCUT2D eigenvalue weighted by molar-refractivity contribution is 7.92. The van der Waals surface area contributed by atoms with Crippen molar-refractivity contribution in [2.45, 2.75) is 31.6 Å². The highest BCUT2D eigenvalue weighted by Crippen LogP contribution is 2.25. The predicted octanol–water partition coefficient (Wildman–Crippen LogP) is 4.41. The minimum atomic E-state index is -3.98. The van der Waals surface area contributed by atoms with E-state index in [1.165, 1.54) is 17.7 Å². The molecule has 1 amide bonds. The minimum Gasteiger partial charge on any atom is -0.494 e. The van der Waals surface area contributed by atoms with Crippen molar-refractivity contribution < 1.29 is 17.9 Å². The molecule has 0 heterocycles. The zero-order chi connectivity index (χ0) is 24.4. The molecule has 0 aromatic heterocycles. The molecule has 0 saturated heterocycles. The number of rotatable bonds is 11. The molecule has 1 N–H and O–H groups in total. The van der Waals surface area contributed by atoms with Gasteiger partial charge in [-0.1, -0.05) is 48.5 Å². The molecule has 178 valence electrons. The fraction of sp³-hybridized carbons (Fsp3) is 0.231. The van der Waals surface area contributed by atoms with Gasteiger partial charge in [0.05, 0.1) is 17.2 Å². The number of benzene rings is 3. The fourth-order valence-electron chi connectivity index (χ4n) is 3.26. The summed E-state index contributed by atoms with van der Waals surface area (Å²) in [5, 5.41) is 4.15. The van der Waals surface area contributed by atoms with Crippen molar-refractivity contribution in [2.24, 2.45) is 5.10 Å². The van der Waals surface area contributed by atoms with E-state index in [2.05, 4.69) is 10.5 Å². The second kappa shape index (κ2) is 12.0. The molecule has 8 heteroatoms. The van der Waals surface area contributed by atoms with Crippen LogP contribution >= 0.6 is 0 Å². The number of nitrogens with one attached hydrogen (secondary N) is 1. The quantitative estimate of drug-likeness (QED) is 0.326. The van der Waals surface area contributed by atoms with E-state index in [9.17, 15) is 13.2 Å². The number of anilines is 1. The lowest BCUT2D eigenvalue weighted by molar-refractivity contribution is -0.119. The largest absolute Gasteiger partial charge is 0.494 e. The topological polar surface area (TPSA) is 88.1 Å². The first-order valence-corrected chi connectivity index (χ1v) is 12.5. The molecule has 3 aromatic carbocycles. The standard InChI is InChI=1S/C26H29N3O4S/c1-3-33-24-18-16-23(17-19-24)29(34(31,32)25-12-8-5-9-13-25)20-26(30)28-27-21(2)14-15-22-10-6-4-7-11-22/h4-13,16-19H,3,14-15,20H2,1-2H3,(H,28,30)/b27-21-. The van der Waals surface area contributed by atoms with Gasteiger partial charge >= 0.3 is 0 Å². The fourth-order valence-corrected chi connectivity index (χ4v) is 4.70. The van der Waals surface area contributed by atoms with Crippen LogP contribution in [0.2, 0.25) is 0 Å². The van der Waals surface area contributed by atoms with Crippen LogP contribution in [0.4, 0.5) is 5.69 Å². The Labute approximate surface area is 201 Å². The molecule has 0 aliphatic heterocycles. The first-order chi connectivity index (χ1) is 16.4. The lowest BCUT2D eigenvalue weighted by atomic mass is 10.1. The van der Waals surface area contributed by atoms with Gasteiger partial charge in [0.25, 0.3) is 15.9 Å². The molecule has 34 heavy (non-hydrogen) atoms. The van der Waals surface area contributed by atoms with Crippen molar-refractivity contribution in [2.75, 3.05) is 17.5 Å². The van der Waals surface area contributed by atoms with Gasteiger partial charge in [0.15, 0.2) is 0 Å². The van der Waals surface area contributed by atoms with Crippen LogP contribution in [0.5, 0.6) is 5.75 Å². The number of nitrogens with zero attached hydrogens (tertiary/aromatic N) is 2. The number of hydrazone groups is 1. The van der Waals surface area contributed by atoms with E-state index in [-0.39, 0.29) is 4.90 Å². The average molecular weight is 480 g/mol. The van der Waals surface area contributed by atoms with E-state index in [0.29, 0.717) is 24.5 Å². The minimum absolute atomic E-state index is 0.0965. The Morgan fingerprint density at radius 3 is 2.18 bits per heavy atom. The number of hydrogen-bond acceptors (Lipinski definition) is 5. The molecule has 0 aliphatic carbocycles. The molecular formula is C26H29N3O4S. The summed E-state index contributed by atoms with van der Waals surface area (Å²) in [5.74, 6) is 0.0823. The lowest BCUT2D eigenvalue weighted by Crippen LogP contribution is -2.39. The number of aryl methyl sites for hydroxylation is 1. The summed E-state index contributed by atoms with van der Waals surface area (Å²) in [4.78, 5) is 12.8. The first kappa shape index (κ1) is 25.0. The third-order valence-corrected chi connectivity index (χ3v) is 6.83. The SMILES string of the molecule is CCOc1ccc(N(CC(=O)N/N=C(/C)CCc2ccccc2)S(=O)(=O)c2ccccc2)cc1. The maximum Gasteiger partial charge on any atom is 0.264 e. The van der Waals surface area contributed by atoms with Crippen molar-refractivity contribution >= 4 is 27.3 Å². The van der Waals surface area contributed by atoms with E-state index in [1.54, 1.807) is 42.5 Å². The van der Waals surface area contributed by atoms with Crippen molar-refractivity contribution in [1.82, 2.24) is 5.43 Å². The summed E-state index contributed by atoms with van der Waals surface area (Å²) >= 11 is 0. The molecule has 3 rings (SSSR count). The first-order valence-electron chi connectivity index (χ1n) is 11.1. The van der Waals surface area contributed by atoms with Crippen LogP contribution in [0.25, 0.3) is 0 Å². The highest BCUT2D eigenvalue weighted by Gasteiger charge is 2.27. The Morgan fingerprint density at radius 1 is 0.941 bits per heavy atom. The summed E-state index contributed by atoms with van der Waals surface area (Å²) in [5.41, 5.74) is 4.77. The number of sulfonamides is 1. The van der Waals surface area contributed by atoms with Crippen molar-refractivity contribution in [1.29, 1.82) is 0 Å². The van der Waals surface area contributed by atoms with Crippen LogP contribution in [-0.4, -0.2) is 33.2 Å². The van der Waals surface area contributed by atoms with Gasteiger partial charge in [-0.3, -0.25) is 9.10 Å². The zero-order valence-electron chi connectivity index (χ0n) is 19.3. The number of hydrogen-bond donors (Lipinski definition) is 1. The maximum absolute atomic E-state index is 13.4. The van der Waals surface area contributed by atoms with Gasteiger partial charge in [0.2, 0.25) is 0 Å². The Hall–Kier alpha value is -3.65. The molecular weight excluding hydrogens is 450 g/mol. The van der Waals surface area contributed by atoms with Gasteiger partial charge < -0.3 is 4.74 Å². The smallest absolute Gasteiger partial charge is 0.264 e. The molecule has 0 atom stereocenters. The Bertz CT molecular complexity index is 1200. The Balaban J connectivity index is 1.74. The van der Waals surface area contributed by atoms with Gasteiger partial charge in [0.1, 0.15) is 12.3 Å². The van der Waals surface area contributed by atoms with Gasteiger partial charge in [-0.05, 0) is 68.7 Å². The van der Waals surface area contributed by atoms with Crippen LogP contribution < -0.4 is 14.5 Å². The van der Waals surface area contributed by atoms with Crippen molar-refractivity contribution in [3.8, 4) is 5.75 Å². The van der Waals surface area contributed by atoms with E-state index in [0.717, 1.165) is 16.4 Å². The lowest BCUT2D eigenvalue weighted by Gasteiger charge is -2.24. The van der Waals surface area contributed by atoms with Gasteiger partial charge in [-0.25, -0.2) is 13.8 Å². The molecule has 0 radical (unpaired) electrons. The Kier molecular flexibility index (Phi) is 8.81. The van der Waals surface area contributed by atoms with Gasteiger partial charge in [-0.2, -0.15) is 5.10 Å². The van der Waals surface area contributed by atoms with Crippen LogP contribution in [0.15, 0.2) is 94.9 Å².